The van der Waals surface area contributed by atoms with E-state index in [2.05, 4.69) is 49.1 Å². The van der Waals surface area contributed by atoms with Gasteiger partial charge in [0.15, 0.2) is 0 Å². The summed E-state index contributed by atoms with van der Waals surface area (Å²) in [5.41, 5.74) is 12.1. The number of anilines is 2. The lowest BCUT2D eigenvalue weighted by Gasteiger charge is -2.28. The first-order valence-electron chi connectivity index (χ1n) is 7.34. The molecule has 1 aliphatic heterocycles. The van der Waals surface area contributed by atoms with Gasteiger partial charge in [-0.05, 0) is 67.6 Å². The summed E-state index contributed by atoms with van der Waals surface area (Å²) in [5.74, 6) is 0. The van der Waals surface area contributed by atoms with E-state index in [1.54, 1.807) is 0 Å². The van der Waals surface area contributed by atoms with Crippen LogP contribution in [0.3, 0.4) is 0 Å². The number of hydrogen-bond acceptors (Lipinski definition) is 2. The van der Waals surface area contributed by atoms with Crippen molar-refractivity contribution in [2.24, 2.45) is 0 Å². The zero-order valence-corrected chi connectivity index (χ0v) is 12.3. The van der Waals surface area contributed by atoms with Crippen molar-refractivity contribution in [1.29, 1.82) is 0 Å². The van der Waals surface area contributed by atoms with E-state index in [0.717, 1.165) is 12.2 Å². The molecule has 3 rings (SSSR count). The molecule has 1 unspecified atom stereocenters. The molecule has 20 heavy (non-hydrogen) atoms. The van der Waals surface area contributed by atoms with Crippen LogP contribution in [0, 0.1) is 13.8 Å². The summed E-state index contributed by atoms with van der Waals surface area (Å²) < 4.78 is 0. The normalized spacial score (nSPS) is 18.5. The number of aryl methyl sites for hydroxylation is 2. The maximum absolute atomic E-state index is 5.79. The third-order valence-electron chi connectivity index (χ3n) is 4.40. The second kappa shape index (κ2) is 5.20. The zero-order chi connectivity index (χ0) is 14.1. The lowest BCUT2D eigenvalue weighted by atomic mass is 10.0. The van der Waals surface area contributed by atoms with Crippen molar-refractivity contribution in [2.45, 2.75) is 32.7 Å². The Balaban J connectivity index is 1.92. The van der Waals surface area contributed by atoms with Gasteiger partial charge >= 0.3 is 0 Å². The Morgan fingerprint density at radius 1 is 1.00 bits per heavy atom. The van der Waals surface area contributed by atoms with E-state index >= 15 is 0 Å². The van der Waals surface area contributed by atoms with Crippen LogP contribution in [-0.2, 0) is 0 Å². The molecule has 1 atom stereocenters. The predicted octanol–water partition coefficient (Wildman–Crippen LogP) is 4.23. The maximum Gasteiger partial charge on any atom is 0.0543 e. The summed E-state index contributed by atoms with van der Waals surface area (Å²) in [6.07, 6.45) is 2.47. The van der Waals surface area contributed by atoms with Crippen LogP contribution in [0.5, 0.6) is 0 Å². The summed E-state index contributed by atoms with van der Waals surface area (Å²) in [4.78, 5) is 2.53. The van der Waals surface area contributed by atoms with Crippen LogP contribution in [0.4, 0.5) is 11.4 Å². The van der Waals surface area contributed by atoms with Crippen molar-refractivity contribution in [2.75, 3.05) is 17.2 Å². The highest BCUT2D eigenvalue weighted by molar-refractivity contribution is 5.54. The molecular formula is C18H22N2. The van der Waals surface area contributed by atoms with E-state index in [9.17, 15) is 0 Å². The number of nitrogens with two attached hydrogens (primary N) is 1. The fourth-order valence-corrected chi connectivity index (χ4v) is 3.04. The second-order valence-corrected chi connectivity index (χ2v) is 5.79. The molecule has 2 N–H and O–H groups in total. The lowest BCUT2D eigenvalue weighted by molar-refractivity contribution is 0.719. The van der Waals surface area contributed by atoms with E-state index < -0.39 is 0 Å². The van der Waals surface area contributed by atoms with E-state index in [0.29, 0.717) is 6.04 Å². The Kier molecular flexibility index (Phi) is 3.39. The van der Waals surface area contributed by atoms with Gasteiger partial charge in [0.2, 0.25) is 0 Å². The van der Waals surface area contributed by atoms with Crippen LogP contribution in [0.25, 0.3) is 0 Å². The van der Waals surface area contributed by atoms with Gasteiger partial charge in [-0.1, -0.05) is 18.2 Å². The van der Waals surface area contributed by atoms with Crippen LogP contribution in [0.2, 0.25) is 0 Å². The molecular weight excluding hydrogens is 244 g/mol. The molecule has 2 aromatic carbocycles. The Morgan fingerprint density at radius 3 is 2.45 bits per heavy atom. The summed E-state index contributed by atoms with van der Waals surface area (Å²) in [6, 6.07) is 15.6. The average molecular weight is 266 g/mol. The van der Waals surface area contributed by atoms with Gasteiger partial charge in [-0.2, -0.15) is 0 Å². The van der Waals surface area contributed by atoms with Gasteiger partial charge in [-0.15, -0.1) is 0 Å². The fraction of sp³-hybridized carbons (Fsp3) is 0.333. The summed E-state index contributed by atoms with van der Waals surface area (Å²) in [7, 11) is 0. The number of hydrogen-bond donors (Lipinski definition) is 1. The number of benzene rings is 2. The van der Waals surface area contributed by atoms with Gasteiger partial charge in [-0.3, -0.25) is 0 Å². The number of nitrogen functional groups attached to an aromatic ring is 1. The highest BCUT2D eigenvalue weighted by atomic mass is 15.2. The van der Waals surface area contributed by atoms with Crippen molar-refractivity contribution in [1.82, 2.24) is 0 Å². The average Bonchev–Trinajstić information content (AvgIpc) is 2.92. The summed E-state index contributed by atoms with van der Waals surface area (Å²) >= 11 is 0. The molecule has 104 valence electrons. The monoisotopic (exact) mass is 266 g/mol. The number of nitrogens with zero attached hydrogens (tertiary/aromatic N) is 1. The third kappa shape index (κ3) is 2.38. The van der Waals surface area contributed by atoms with Gasteiger partial charge in [0, 0.05) is 17.9 Å². The molecule has 0 bridgehead atoms. The van der Waals surface area contributed by atoms with E-state index in [-0.39, 0.29) is 0 Å². The molecule has 1 heterocycles. The smallest absolute Gasteiger partial charge is 0.0543 e. The number of rotatable bonds is 2. The van der Waals surface area contributed by atoms with Gasteiger partial charge < -0.3 is 10.6 Å². The second-order valence-electron chi connectivity index (χ2n) is 5.79. The molecule has 0 spiro atoms. The fourth-order valence-electron chi connectivity index (χ4n) is 3.04. The quantitative estimate of drug-likeness (QED) is 0.824. The maximum atomic E-state index is 5.79. The molecule has 2 nitrogen and oxygen atoms in total. The van der Waals surface area contributed by atoms with Crippen LogP contribution in [0.15, 0.2) is 42.5 Å². The Morgan fingerprint density at radius 2 is 1.75 bits per heavy atom. The predicted molar refractivity (Wildman–Crippen MR) is 86.1 cm³/mol. The highest BCUT2D eigenvalue weighted by Gasteiger charge is 2.26. The van der Waals surface area contributed by atoms with Gasteiger partial charge in [0.05, 0.1) is 6.04 Å². The van der Waals surface area contributed by atoms with Crippen molar-refractivity contribution in [3.63, 3.8) is 0 Å². The first-order valence-corrected chi connectivity index (χ1v) is 7.34. The Bertz CT molecular complexity index is 601. The Labute approximate surface area is 121 Å². The molecule has 0 amide bonds. The van der Waals surface area contributed by atoms with Crippen molar-refractivity contribution in [3.05, 3.63) is 59.2 Å². The molecule has 0 radical (unpaired) electrons. The van der Waals surface area contributed by atoms with Crippen molar-refractivity contribution >= 4 is 11.4 Å². The Hall–Kier alpha value is -1.96. The van der Waals surface area contributed by atoms with E-state index in [4.69, 9.17) is 5.73 Å². The van der Waals surface area contributed by atoms with Crippen LogP contribution in [0.1, 0.15) is 35.6 Å². The lowest BCUT2D eigenvalue weighted by Crippen LogP contribution is -2.22. The first kappa shape index (κ1) is 13.0. The molecule has 0 aromatic heterocycles. The largest absolute Gasteiger partial charge is 0.399 e. The molecule has 1 fully saturated rings. The van der Waals surface area contributed by atoms with Crippen LogP contribution in [-0.4, -0.2) is 6.54 Å². The summed E-state index contributed by atoms with van der Waals surface area (Å²) in [6.45, 7) is 5.49. The third-order valence-corrected chi connectivity index (χ3v) is 4.40. The topological polar surface area (TPSA) is 29.3 Å². The van der Waals surface area contributed by atoms with Gasteiger partial charge in [0.1, 0.15) is 0 Å². The highest BCUT2D eigenvalue weighted by Crippen LogP contribution is 2.36. The van der Waals surface area contributed by atoms with Crippen molar-refractivity contribution < 1.29 is 0 Å². The molecule has 0 saturated carbocycles. The summed E-state index contributed by atoms with van der Waals surface area (Å²) in [5, 5.41) is 0. The minimum Gasteiger partial charge on any atom is -0.399 e. The van der Waals surface area contributed by atoms with Gasteiger partial charge in [0.25, 0.3) is 0 Å². The van der Waals surface area contributed by atoms with Crippen molar-refractivity contribution in [3.8, 4) is 0 Å². The zero-order valence-electron chi connectivity index (χ0n) is 12.3. The van der Waals surface area contributed by atoms with Gasteiger partial charge in [-0.25, -0.2) is 0 Å². The molecule has 2 aromatic rings. The molecule has 0 aliphatic carbocycles. The molecule has 1 saturated heterocycles. The molecule has 2 heteroatoms. The SMILES string of the molecule is Cc1ccc(N2CCCC2c2ccc(N)cc2)cc1C. The van der Waals surface area contributed by atoms with Crippen LogP contribution >= 0.6 is 0 Å². The van der Waals surface area contributed by atoms with Crippen LogP contribution < -0.4 is 10.6 Å². The first-order chi connectivity index (χ1) is 9.65. The van der Waals surface area contributed by atoms with E-state index in [1.165, 1.54) is 35.2 Å². The molecule has 1 aliphatic rings. The minimum atomic E-state index is 0.484. The standard InChI is InChI=1S/C18H22N2/c1-13-5-10-17(12-14(13)2)20-11-3-4-18(20)15-6-8-16(19)9-7-15/h5-10,12,18H,3-4,11,19H2,1-2H3. The minimum absolute atomic E-state index is 0.484. The van der Waals surface area contributed by atoms with E-state index in [1.807, 2.05) is 12.1 Å².